The van der Waals surface area contributed by atoms with Crippen molar-refractivity contribution in [3.05, 3.63) is 36.7 Å². The summed E-state index contributed by atoms with van der Waals surface area (Å²) >= 11 is 0. The van der Waals surface area contributed by atoms with Crippen LogP contribution in [0.15, 0.2) is 36.7 Å². The molecule has 2 atom stereocenters. The van der Waals surface area contributed by atoms with Crippen molar-refractivity contribution in [1.82, 2.24) is 19.9 Å². The number of likely N-dealkylation sites (tertiary alicyclic amines) is 1. The molecule has 2 unspecified atom stereocenters. The molecule has 1 saturated heterocycles. The molecule has 0 aliphatic carbocycles. The Labute approximate surface area is 113 Å². The van der Waals surface area contributed by atoms with Crippen molar-refractivity contribution in [2.45, 2.75) is 25.4 Å². The molecule has 1 aromatic carbocycles. The highest BCUT2D eigenvalue weighted by molar-refractivity contribution is 5.61. The zero-order chi connectivity index (χ0) is 13.2. The highest BCUT2D eigenvalue weighted by Gasteiger charge is 2.26. The lowest BCUT2D eigenvalue weighted by Crippen LogP contribution is -2.25. The number of rotatable bonds is 3. The second kappa shape index (κ2) is 5.01. The Kier molecular flexibility index (Phi) is 3.21. The van der Waals surface area contributed by atoms with Crippen LogP contribution >= 0.6 is 0 Å². The van der Waals surface area contributed by atoms with E-state index in [1.807, 2.05) is 18.3 Å². The molecular formula is C14H19N5. The standard InChI is InChI=1S/C14H19N5/c1-11-9-12(10-18(11)2)16-13-5-3-4-6-14(13)19-8-7-15-17-19/h3-8,11-12,16H,9-10H2,1-2H3. The minimum atomic E-state index is 0.490. The summed E-state index contributed by atoms with van der Waals surface area (Å²) in [6.45, 7) is 3.35. The van der Waals surface area contributed by atoms with Crippen LogP contribution in [0.1, 0.15) is 13.3 Å². The van der Waals surface area contributed by atoms with Crippen molar-refractivity contribution < 1.29 is 0 Å². The monoisotopic (exact) mass is 257 g/mol. The van der Waals surface area contributed by atoms with Crippen molar-refractivity contribution in [3.63, 3.8) is 0 Å². The first-order valence-corrected chi connectivity index (χ1v) is 6.66. The van der Waals surface area contributed by atoms with Crippen molar-refractivity contribution in [3.8, 4) is 5.69 Å². The first-order valence-electron chi connectivity index (χ1n) is 6.66. The van der Waals surface area contributed by atoms with E-state index in [4.69, 9.17) is 0 Å². The van der Waals surface area contributed by atoms with Gasteiger partial charge in [0.2, 0.25) is 0 Å². The van der Waals surface area contributed by atoms with E-state index in [9.17, 15) is 0 Å². The summed E-state index contributed by atoms with van der Waals surface area (Å²) in [5.74, 6) is 0. The van der Waals surface area contributed by atoms with E-state index in [1.54, 1.807) is 10.9 Å². The van der Waals surface area contributed by atoms with Crippen molar-refractivity contribution in [1.29, 1.82) is 0 Å². The average Bonchev–Trinajstić information content (AvgIpc) is 3.02. The molecule has 1 fully saturated rings. The van der Waals surface area contributed by atoms with E-state index in [2.05, 4.69) is 46.6 Å². The first-order chi connectivity index (χ1) is 9.24. The van der Waals surface area contributed by atoms with Crippen molar-refractivity contribution in [2.75, 3.05) is 18.9 Å². The lowest BCUT2D eigenvalue weighted by Gasteiger charge is -2.17. The molecule has 0 bridgehead atoms. The maximum Gasteiger partial charge on any atom is 0.0894 e. The van der Waals surface area contributed by atoms with Gasteiger partial charge in [0.1, 0.15) is 0 Å². The van der Waals surface area contributed by atoms with Gasteiger partial charge in [-0.1, -0.05) is 17.3 Å². The fraction of sp³-hybridized carbons (Fsp3) is 0.429. The van der Waals surface area contributed by atoms with E-state index in [1.165, 1.54) is 6.42 Å². The summed E-state index contributed by atoms with van der Waals surface area (Å²) < 4.78 is 1.80. The molecule has 2 aromatic rings. The van der Waals surface area contributed by atoms with Crippen molar-refractivity contribution >= 4 is 5.69 Å². The van der Waals surface area contributed by atoms with Crippen LogP contribution in [0.3, 0.4) is 0 Å². The van der Waals surface area contributed by atoms with Gasteiger partial charge in [-0.05, 0) is 32.5 Å². The van der Waals surface area contributed by atoms with Crippen LogP contribution in [-0.4, -0.2) is 45.6 Å². The molecule has 1 aliphatic rings. The lowest BCUT2D eigenvalue weighted by atomic mass is 10.1. The molecule has 3 rings (SSSR count). The average molecular weight is 257 g/mol. The fourth-order valence-electron chi connectivity index (χ4n) is 2.65. The summed E-state index contributed by atoms with van der Waals surface area (Å²) in [7, 11) is 2.18. The number of nitrogens with zero attached hydrogens (tertiary/aromatic N) is 4. The lowest BCUT2D eigenvalue weighted by molar-refractivity contribution is 0.330. The summed E-state index contributed by atoms with van der Waals surface area (Å²) in [4.78, 5) is 2.38. The minimum absolute atomic E-state index is 0.490. The Morgan fingerprint density at radius 1 is 1.32 bits per heavy atom. The molecule has 1 aliphatic heterocycles. The Bertz CT molecular complexity index is 527. The smallest absolute Gasteiger partial charge is 0.0894 e. The number of anilines is 1. The maximum absolute atomic E-state index is 4.07. The van der Waals surface area contributed by atoms with Crippen LogP contribution in [0, 0.1) is 0 Å². The van der Waals surface area contributed by atoms with Crippen LogP contribution in [0.4, 0.5) is 5.69 Å². The maximum atomic E-state index is 4.07. The molecule has 5 nitrogen and oxygen atoms in total. The zero-order valence-corrected chi connectivity index (χ0v) is 11.3. The number of benzene rings is 1. The molecule has 0 radical (unpaired) electrons. The number of aromatic nitrogens is 3. The van der Waals surface area contributed by atoms with Gasteiger partial charge >= 0.3 is 0 Å². The minimum Gasteiger partial charge on any atom is -0.379 e. The normalized spacial score (nSPS) is 23.7. The highest BCUT2D eigenvalue weighted by atomic mass is 15.4. The number of likely N-dealkylation sites (N-methyl/N-ethyl adjacent to an activating group) is 1. The van der Waals surface area contributed by atoms with Gasteiger partial charge in [-0.25, -0.2) is 4.68 Å². The van der Waals surface area contributed by atoms with E-state index in [0.717, 1.165) is 17.9 Å². The second-order valence-corrected chi connectivity index (χ2v) is 5.23. The van der Waals surface area contributed by atoms with Crippen LogP contribution in [-0.2, 0) is 0 Å². The molecule has 100 valence electrons. The quantitative estimate of drug-likeness (QED) is 0.910. The SMILES string of the molecule is CC1CC(Nc2ccccc2-n2ccnn2)CN1C. The topological polar surface area (TPSA) is 46.0 Å². The number of hydrogen-bond donors (Lipinski definition) is 1. The van der Waals surface area contributed by atoms with Crippen LogP contribution in [0.2, 0.25) is 0 Å². The second-order valence-electron chi connectivity index (χ2n) is 5.23. The third kappa shape index (κ3) is 2.46. The summed E-state index contributed by atoms with van der Waals surface area (Å²) in [5.41, 5.74) is 2.16. The summed E-state index contributed by atoms with van der Waals surface area (Å²) in [6, 6.07) is 9.34. The van der Waals surface area contributed by atoms with Gasteiger partial charge in [0, 0.05) is 18.6 Å². The predicted molar refractivity (Wildman–Crippen MR) is 75.5 cm³/mol. The van der Waals surface area contributed by atoms with E-state index in [0.29, 0.717) is 12.1 Å². The van der Waals surface area contributed by atoms with Gasteiger partial charge in [-0.3, -0.25) is 0 Å². The molecular weight excluding hydrogens is 238 g/mol. The van der Waals surface area contributed by atoms with Crippen molar-refractivity contribution in [2.24, 2.45) is 0 Å². The molecule has 0 amide bonds. The summed E-state index contributed by atoms with van der Waals surface area (Å²) in [5, 5.41) is 11.6. The third-order valence-corrected chi connectivity index (χ3v) is 3.82. The Morgan fingerprint density at radius 2 is 2.16 bits per heavy atom. The fourth-order valence-corrected chi connectivity index (χ4v) is 2.65. The van der Waals surface area contributed by atoms with E-state index in [-0.39, 0.29) is 0 Å². The van der Waals surface area contributed by atoms with E-state index < -0.39 is 0 Å². The summed E-state index contributed by atoms with van der Waals surface area (Å²) in [6.07, 6.45) is 4.73. The number of hydrogen-bond acceptors (Lipinski definition) is 4. The Balaban J connectivity index is 1.82. The molecule has 2 heterocycles. The molecule has 1 aromatic heterocycles. The largest absolute Gasteiger partial charge is 0.379 e. The molecule has 0 spiro atoms. The number of para-hydroxylation sites is 2. The molecule has 19 heavy (non-hydrogen) atoms. The highest BCUT2D eigenvalue weighted by Crippen LogP contribution is 2.24. The van der Waals surface area contributed by atoms with E-state index >= 15 is 0 Å². The van der Waals surface area contributed by atoms with Crippen LogP contribution < -0.4 is 5.32 Å². The molecule has 0 saturated carbocycles. The van der Waals surface area contributed by atoms with Gasteiger partial charge in [0.05, 0.1) is 23.8 Å². The predicted octanol–water partition coefficient (Wildman–Crippen LogP) is 1.77. The van der Waals surface area contributed by atoms with Gasteiger partial charge < -0.3 is 10.2 Å². The van der Waals surface area contributed by atoms with Crippen LogP contribution in [0.5, 0.6) is 0 Å². The Morgan fingerprint density at radius 3 is 2.84 bits per heavy atom. The van der Waals surface area contributed by atoms with Gasteiger partial charge in [0.25, 0.3) is 0 Å². The van der Waals surface area contributed by atoms with Gasteiger partial charge in [-0.15, -0.1) is 5.10 Å². The molecule has 5 heteroatoms. The van der Waals surface area contributed by atoms with Gasteiger partial charge in [-0.2, -0.15) is 0 Å². The molecule has 1 N–H and O–H groups in total. The number of nitrogens with one attached hydrogen (secondary N) is 1. The zero-order valence-electron chi connectivity index (χ0n) is 11.3. The van der Waals surface area contributed by atoms with Crippen LogP contribution in [0.25, 0.3) is 5.69 Å². The first kappa shape index (κ1) is 12.2. The third-order valence-electron chi connectivity index (χ3n) is 3.82. The Hall–Kier alpha value is -1.88. The van der Waals surface area contributed by atoms with Gasteiger partial charge in [0.15, 0.2) is 0 Å².